The third-order valence-corrected chi connectivity index (χ3v) is 3.93. The number of para-hydroxylation sites is 1. The van der Waals surface area contributed by atoms with E-state index in [1.807, 2.05) is 18.2 Å². The van der Waals surface area contributed by atoms with Crippen molar-refractivity contribution in [2.45, 2.75) is 31.5 Å². The smallest absolute Gasteiger partial charge is 0.382 e. The molecule has 0 saturated carbocycles. The van der Waals surface area contributed by atoms with Gasteiger partial charge in [0, 0.05) is 11.7 Å². The molecule has 2 aromatic rings. The van der Waals surface area contributed by atoms with Crippen LogP contribution in [-0.4, -0.2) is 6.04 Å². The number of nitrogens with one attached hydrogen (secondary N) is 1. The van der Waals surface area contributed by atoms with Gasteiger partial charge in [0.15, 0.2) is 0 Å². The molecular formula is C17H16F3N. The van der Waals surface area contributed by atoms with Gasteiger partial charge < -0.3 is 5.32 Å². The van der Waals surface area contributed by atoms with Crippen molar-refractivity contribution in [2.75, 3.05) is 5.32 Å². The lowest BCUT2D eigenvalue weighted by molar-refractivity contribution is -0.138. The Morgan fingerprint density at radius 2 is 1.71 bits per heavy atom. The first-order valence-electron chi connectivity index (χ1n) is 7.03. The van der Waals surface area contributed by atoms with Gasteiger partial charge in [-0.25, -0.2) is 0 Å². The van der Waals surface area contributed by atoms with Crippen molar-refractivity contribution in [2.24, 2.45) is 0 Å². The van der Waals surface area contributed by atoms with E-state index in [0.29, 0.717) is 12.0 Å². The van der Waals surface area contributed by atoms with Crippen LogP contribution in [0.1, 0.15) is 23.1 Å². The second kappa shape index (κ2) is 5.43. The molecule has 110 valence electrons. The van der Waals surface area contributed by atoms with Crippen LogP contribution in [0.15, 0.2) is 48.5 Å². The van der Waals surface area contributed by atoms with Gasteiger partial charge in [0.1, 0.15) is 0 Å². The first kappa shape index (κ1) is 14.0. The summed E-state index contributed by atoms with van der Waals surface area (Å²) in [5.41, 5.74) is 2.11. The van der Waals surface area contributed by atoms with Crippen molar-refractivity contribution in [1.29, 1.82) is 0 Å². The summed E-state index contributed by atoms with van der Waals surface area (Å²) in [4.78, 5) is 0. The van der Waals surface area contributed by atoms with Gasteiger partial charge in [0.05, 0.1) is 5.56 Å². The number of benzene rings is 2. The fraction of sp³-hybridized carbons (Fsp3) is 0.294. The molecule has 0 saturated heterocycles. The first-order chi connectivity index (χ1) is 10.0. The number of alkyl halides is 3. The molecule has 0 amide bonds. The summed E-state index contributed by atoms with van der Waals surface area (Å²) >= 11 is 0. The van der Waals surface area contributed by atoms with Gasteiger partial charge in [-0.05, 0) is 42.5 Å². The minimum absolute atomic E-state index is 0.0448. The SMILES string of the molecule is FC(F)(F)c1ccccc1C[C@H]1CCc2ccccc2N1. The van der Waals surface area contributed by atoms with E-state index in [0.717, 1.165) is 24.6 Å². The van der Waals surface area contributed by atoms with Crippen molar-refractivity contribution in [3.8, 4) is 0 Å². The summed E-state index contributed by atoms with van der Waals surface area (Å²) in [6.07, 6.45) is -2.14. The monoisotopic (exact) mass is 291 g/mol. The third kappa shape index (κ3) is 3.04. The van der Waals surface area contributed by atoms with E-state index in [2.05, 4.69) is 11.4 Å². The van der Waals surface area contributed by atoms with Crippen LogP contribution in [0.5, 0.6) is 0 Å². The lowest BCUT2D eigenvalue weighted by Crippen LogP contribution is -2.28. The van der Waals surface area contributed by atoms with Crippen LogP contribution in [0.25, 0.3) is 0 Å². The molecule has 1 nitrogen and oxygen atoms in total. The zero-order valence-corrected chi connectivity index (χ0v) is 11.5. The van der Waals surface area contributed by atoms with E-state index in [9.17, 15) is 13.2 Å². The second-order valence-electron chi connectivity index (χ2n) is 5.40. The highest BCUT2D eigenvalue weighted by molar-refractivity contribution is 5.54. The predicted octanol–water partition coefficient (Wildman–Crippen LogP) is 4.67. The lowest BCUT2D eigenvalue weighted by atomic mass is 9.92. The zero-order valence-electron chi connectivity index (χ0n) is 11.5. The highest BCUT2D eigenvalue weighted by Gasteiger charge is 2.33. The Morgan fingerprint density at radius 3 is 2.52 bits per heavy atom. The van der Waals surface area contributed by atoms with E-state index >= 15 is 0 Å². The van der Waals surface area contributed by atoms with Gasteiger partial charge in [0.25, 0.3) is 0 Å². The molecule has 1 aliphatic rings. The molecule has 1 aliphatic heterocycles. The Labute approximate surface area is 121 Å². The number of halogens is 3. The number of hydrogen-bond acceptors (Lipinski definition) is 1. The molecular weight excluding hydrogens is 275 g/mol. The maximum absolute atomic E-state index is 13.0. The summed E-state index contributed by atoms with van der Waals surface area (Å²) < 4.78 is 39.1. The summed E-state index contributed by atoms with van der Waals surface area (Å²) in [5, 5.41) is 3.36. The van der Waals surface area contributed by atoms with Crippen LogP contribution >= 0.6 is 0 Å². The molecule has 1 atom stereocenters. The number of fused-ring (bicyclic) bond motifs is 1. The Bertz CT molecular complexity index is 634. The molecule has 1 heterocycles. The molecule has 1 N–H and O–H groups in total. The zero-order chi connectivity index (χ0) is 14.9. The van der Waals surface area contributed by atoms with E-state index in [1.54, 1.807) is 12.1 Å². The van der Waals surface area contributed by atoms with Crippen LogP contribution in [-0.2, 0) is 19.0 Å². The molecule has 0 fully saturated rings. The number of aryl methyl sites for hydroxylation is 1. The molecule has 0 unspecified atom stereocenters. The summed E-state index contributed by atoms with van der Waals surface area (Å²) in [5.74, 6) is 0. The summed E-state index contributed by atoms with van der Waals surface area (Å²) in [6.45, 7) is 0. The van der Waals surface area contributed by atoms with E-state index in [4.69, 9.17) is 0 Å². The van der Waals surface area contributed by atoms with Crippen LogP contribution in [0, 0.1) is 0 Å². The van der Waals surface area contributed by atoms with Crippen molar-refractivity contribution in [3.05, 3.63) is 65.2 Å². The quantitative estimate of drug-likeness (QED) is 0.847. The standard InChI is InChI=1S/C17H16F3N/c18-17(19,20)15-7-3-1-6-13(15)11-14-10-9-12-5-2-4-8-16(12)21-14/h1-8,14,21H,9-11H2/t14-/m1/s1. The lowest BCUT2D eigenvalue weighted by Gasteiger charge is -2.28. The molecule has 3 rings (SSSR count). The fourth-order valence-corrected chi connectivity index (χ4v) is 2.89. The van der Waals surface area contributed by atoms with Gasteiger partial charge in [-0.3, -0.25) is 0 Å². The average Bonchev–Trinajstić information content (AvgIpc) is 2.46. The Morgan fingerprint density at radius 1 is 1.00 bits per heavy atom. The molecule has 0 bridgehead atoms. The van der Waals surface area contributed by atoms with Gasteiger partial charge in [-0.1, -0.05) is 36.4 Å². The van der Waals surface area contributed by atoms with Crippen LogP contribution < -0.4 is 5.32 Å². The molecule has 4 heteroatoms. The van der Waals surface area contributed by atoms with Crippen molar-refractivity contribution >= 4 is 5.69 Å². The molecule has 2 aromatic carbocycles. The van der Waals surface area contributed by atoms with Crippen molar-refractivity contribution in [1.82, 2.24) is 0 Å². The first-order valence-corrected chi connectivity index (χ1v) is 7.03. The molecule has 0 aliphatic carbocycles. The average molecular weight is 291 g/mol. The minimum Gasteiger partial charge on any atom is -0.382 e. The number of anilines is 1. The highest BCUT2D eigenvalue weighted by atomic mass is 19.4. The van der Waals surface area contributed by atoms with E-state index in [1.165, 1.54) is 11.6 Å². The number of rotatable bonds is 2. The maximum Gasteiger partial charge on any atom is 0.416 e. The Hall–Kier alpha value is -1.97. The summed E-state index contributed by atoms with van der Waals surface area (Å²) in [7, 11) is 0. The predicted molar refractivity (Wildman–Crippen MR) is 77.3 cm³/mol. The molecule has 21 heavy (non-hydrogen) atoms. The van der Waals surface area contributed by atoms with Crippen LogP contribution in [0.4, 0.5) is 18.9 Å². The van der Waals surface area contributed by atoms with Gasteiger partial charge in [-0.15, -0.1) is 0 Å². The Balaban J connectivity index is 1.80. The van der Waals surface area contributed by atoms with E-state index < -0.39 is 11.7 Å². The normalized spacial score (nSPS) is 18.0. The van der Waals surface area contributed by atoms with Crippen LogP contribution in [0.3, 0.4) is 0 Å². The summed E-state index contributed by atoms with van der Waals surface area (Å²) in [6, 6.07) is 13.9. The van der Waals surface area contributed by atoms with Crippen molar-refractivity contribution < 1.29 is 13.2 Å². The van der Waals surface area contributed by atoms with Gasteiger partial charge in [-0.2, -0.15) is 13.2 Å². The molecule has 0 radical (unpaired) electrons. The molecule has 0 aromatic heterocycles. The Kier molecular flexibility index (Phi) is 3.62. The van der Waals surface area contributed by atoms with Crippen LogP contribution in [0.2, 0.25) is 0 Å². The third-order valence-electron chi connectivity index (χ3n) is 3.93. The van der Waals surface area contributed by atoms with E-state index in [-0.39, 0.29) is 6.04 Å². The van der Waals surface area contributed by atoms with Gasteiger partial charge >= 0.3 is 6.18 Å². The largest absolute Gasteiger partial charge is 0.416 e. The van der Waals surface area contributed by atoms with Crippen molar-refractivity contribution in [3.63, 3.8) is 0 Å². The number of hydrogen-bond donors (Lipinski definition) is 1. The molecule has 0 spiro atoms. The second-order valence-corrected chi connectivity index (χ2v) is 5.40. The highest BCUT2D eigenvalue weighted by Crippen LogP contribution is 2.33. The topological polar surface area (TPSA) is 12.0 Å². The van der Waals surface area contributed by atoms with Gasteiger partial charge in [0.2, 0.25) is 0 Å². The minimum atomic E-state index is -4.29. The fourth-order valence-electron chi connectivity index (χ4n) is 2.89. The maximum atomic E-state index is 13.0.